The number of nitrogens with one attached hydrogen (secondary N) is 1. The number of anilines is 1. The first kappa shape index (κ1) is 26.7. The van der Waals surface area contributed by atoms with Crippen molar-refractivity contribution in [3.8, 4) is 0 Å². The van der Waals surface area contributed by atoms with Gasteiger partial charge in [-0.1, -0.05) is 26.8 Å². The second kappa shape index (κ2) is 10.3. The third kappa shape index (κ3) is 5.45. The van der Waals surface area contributed by atoms with E-state index in [9.17, 15) is 14.0 Å². The lowest BCUT2D eigenvalue weighted by Crippen LogP contribution is -2.61. The minimum atomic E-state index is -0.309. The third-order valence-corrected chi connectivity index (χ3v) is 8.19. The van der Waals surface area contributed by atoms with E-state index in [1.807, 2.05) is 22.8 Å². The largest absolute Gasteiger partial charge is 0.341 e. The van der Waals surface area contributed by atoms with Crippen molar-refractivity contribution in [1.29, 1.82) is 0 Å². The van der Waals surface area contributed by atoms with E-state index in [1.54, 1.807) is 6.07 Å². The Kier molecular flexibility index (Phi) is 7.26. The molecule has 2 fully saturated rings. The number of likely N-dealkylation sites (tertiary alicyclic amines) is 1. The fourth-order valence-corrected chi connectivity index (χ4v) is 6.09. The van der Waals surface area contributed by atoms with Crippen molar-refractivity contribution in [2.45, 2.75) is 65.0 Å². The first-order valence-electron chi connectivity index (χ1n) is 13.7. The van der Waals surface area contributed by atoms with Crippen LogP contribution >= 0.6 is 0 Å². The molecule has 3 atom stereocenters. The molecule has 2 saturated heterocycles. The molecule has 5 rings (SSSR count). The predicted octanol–water partition coefficient (Wildman–Crippen LogP) is 2.67. The highest BCUT2D eigenvalue weighted by molar-refractivity contribution is 5.97. The number of piperazine rings is 1. The van der Waals surface area contributed by atoms with Gasteiger partial charge in [0.05, 0.1) is 23.6 Å². The smallest absolute Gasteiger partial charge is 0.241 e. The molecule has 0 saturated carbocycles. The summed E-state index contributed by atoms with van der Waals surface area (Å²) in [5, 5.41) is 12.6. The first-order chi connectivity index (χ1) is 18.0. The lowest BCUT2D eigenvalue weighted by atomic mass is 9.91. The van der Waals surface area contributed by atoms with Crippen molar-refractivity contribution in [3.05, 3.63) is 52.6 Å². The highest BCUT2D eigenvalue weighted by Crippen LogP contribution is 2.39. The zero-order chi connectivity index (χ0) is 27.2. The quantitative estimate of drug-likeness (QED) is 0.628. The van der Waals surface area contributed by atoms with Crippen LogP contribution in [-0.4, -0.2) is 83.2 Å². The Labute approximate surface area is 224 Å². The molecule has 0 aliphatic carbocycles. The van der Waals surface area contributed by atoms with Gasteiger partial charge >= 0.3 is 0 Å². The molecule has 3 aliphatic rings. The summed E-state index contributed by atoms with van der Waals surface area (Å²) in [6.45, 7) is 14.1. The fraction of sp³-hybridized carbons (Fsp3) is 0.586. The van der Waals surface area contributed by atoms with Gasteiger partial charge in [-0.2, -0.15) is 10.2 Å². The third-order valence-electron chi connectivity index (χ3n) is 8.19. The van der Waals surface area contributed by atoms with Crippen LogP contribution in [0.1, 0.15) is 56.6 Å². The molecule has 0 bridgehead atoms. The zero-order valence-electron chi connectivity index (χ0n) is 23.1. The Morgan fingerprint density at radius 2 is 1.97 bits per heavy atom. The highest BCUT2D eigenvalue weighted by Gasteiger charge is 2.41. The number of amides is 2. The Bertz CT molecular complexity index is 1230. The van der Waals surface area contributed by atoms with Gasteiger partial charge in [-0.25, -0.2) is 4.39 Å². The van der Waals surface area contributed by atoms with Crippen molar-refractivity contribution < 1.29 is 14.0 Å². The standard InChI is InChI=1S/C29H39FN6O2/c1-18-8-26(37)35(13-18)15-24-12-31-20(3)14-34(24)16-27(38)36-17-29(4,5)28-25(36)11-23(32-33-28)10-21-6-7-22(30)9-19(21)2/h6-7,9,11,18,20,24,31H,8,10,12-17H2,1-5H3/t18-,20+,24+/m0/s1. The summed E-state index contributed by atoms with van der Waals surface area (Å²) in [6, 6.07) is 7.10. The summed E-state index contributed by atoms with van der Waals surface area (Å²) in [7, 11) is 0. The molecule has 1 aromatic heterocycles. The van der Waals surface area contributed by atoms with E-state index < -0.39 is 0 Å². The summed E-state index contributed by atoms with van der Waals surface area (Å²) in [6.07, 6.45) is 1.13. The molecular formula is C29H39FN6O2. The molecule has 4 heterocycles. The summed E-state index contributed by atoms with van der Waals surface area (Å²) in [5.41, 5.74) is 3.94. The second-order valence-electron chi connectivity index (χ2n) is 12.2. The lowest BCUT2D eigenvalue weighted by molar-refractivity contribution is -0.128. The maximum atomic E-state index is 13.8. The Hall–Kier alpha value is -2.91. The van der Waals surface area contributed by atoms with Crippen molar-refractivity contribution >= 4 is 17.5 Å². The molecule has 2 amide bonds. The molecule has 0 spiro atoms. The van der Waals surface area contributed by atoms with E-state index in [0.29, 0.717) is 38.4 Å². The number of benzene rings is 1. The number of aromatic nitrogens is 2. The van der Waals surface area contributed by atoms with Gasteiger partial charge in [0.25, 0.3) is 0 Å². The number of hydrogen-bond donors (Lipinski definition) is 1. The molecule has 204 valence electrons. The molecule has 2 aromatic rings. The molecule has 0 unspecified atom stereocenters. The molecule has 1 N–H and O–H groups in total. The maximum Gasteiger partial charge on any atom is 0.241 e. The SMILES string of the molecule is Cc1cc(F)ccc1Cc1cc2c(nn1)C(C)(C)CN2C(=O)CN1C[C@@H](C)NC[C@@H]1CN1C[C@@H](C)CC1=O. The van der Waals surface area contributed by atoms with Crippen molar-refractivity contribution in [3.63, 3.8) is 0 Å². The summed E-state index contributed by atoms with van der Waals surface area (Å²) in [5.74, 6) is 0.369. The Morgan fingerprint density at radius 3 is 2.68 bits per heavy atom. The highest BCUT2D eigenvalue weighted by atomic mass is 19.1. The van der Waals surface area contributed by atoms with Crippen LogP contribution < -0.4 is 10.2 Å². The van der Waals surface area contributed by atoms with Gasteiger partial charge in [0.2, 0.25) is 11.8 Å². The van der Waals surface area contributed by atoms with Crippen LogP contribution in [0.3, 0.4) is 0 Å². The van der Waals surface area contributed by atoms with E-state index in [4.69, 9.17) is 0 Å². The minimum Gasteiger partial charge on any atom is -0.341 e. The fourth-order valence-electron chi connectivity index (χ4n) is 6.09. The summed E-state index contributed by atoms with van der Waals surface area (Å²) in [4.78, 5) is 32.3. The van der Waals surface area contributed by atoms with Gasteiger partial charge in [0, 0.05) is 63.1 Å². The number of nitrogens with zero attached hydrogens (tertiary/aromatic N) is 5. The number of hydrogen-bond acceptors (Lipinski definition) is 6. The van der Waals surface area contributed by atoms with Gasteiger partial charge in [0.1, 0.15) is 5.82 Å². The van der Waals surface area contributed by atoms with Crippen LogP contribution in [0.2, 0.25) is 0 Å². The van der Waals surface area contributed by atoms with Crippen molar-refractivity contribution in [1.82, 2.24) is 25.3 Å². The van der Waals surface area contributed by atoms with Crippen LogP contribution in [0, 0.1) is 18.7 Å². The van der Waals surface area contributed by atoms with Gasteiger partial charge in [-0.05, 0) is 49.1 Å². The number of carbonyl (C=O) groups is 2. The van der Waals surface area contributed by atoms with Gasteiger partial charge < -0.3 is 15.1 Å². The lowest BCUT2D eigenvalue weighted by Gasteiger charge is -2.41. The molecule has 3 aliphatic heterocycles. The van der Waals surface area contributed by atoms with E-state index >= 15 is 0 Å². The molecule has 0 radical (unpaired) electrons. The van der Waals surface area contributed by atoms with Crippen LogP contribution in [0.25, 0.3) is 0 Å². The average Bonchev–Trinajstić information content (AvgIpc) is 3.31. The van der Waals surface area contributed by atoms with E-state index in [1.165, 1.54) is 12.1 Å². The summed E-state index contributed by atoms with van der Waals surface area (Å²) < 4.78 is 13.6. The average molecular weight is 523 g/mol. The van der Waals surface area contributed by atoms with E-state index in [-0.39, 0.29) is 35.1 Å². The van der Waals surface area contributed by atoms with Crippen LogP contribution in [0.4, 0.5) is 10.1 Å². The minimum absolute atomic E-state index is 0.0361. The summed E-state index contributed by atoms with van der Waals surface area (Å²) >= 11 is 0. The van der Waals surface area contributed by atoms with Gasteiger partial charge in [0.15, 0.2) is 0 Å². The predicted molar refractivity (Wildman–Crippen MR) is 145 cm³/mol. The van der Waals surface area contributed by atoms with Gasteiger partial charge in [-0.3, -0.25) is 14.5 Å². The van der Waals surface area contributed by atoms with Crippen LogP contribution in [0.5, 0.6) is 0 Å². The first-order valence-corrected chi connectivity index (χ1v) is 13.7. The maximum absolute atomic E-state index is 13.8. The number of carbonyl (C=O) groups excluding carboxylic acids is 2. The molecular weight excluding hydrogens is 483 g/mol. The molecule has 9 heteroatoms. The topological polar surface area (TPSA) is 81.7 Å². The Morgan fingerprint density at radius 1 is 1.18 bits per heavy atom. The van der Waals surface area contributed by atoms with Crippen LogP contribution in [0.15, 0.2) is 24.3 Å². The number of rotatable bonds is 6. The monoisotopic (exact) mass is 522 g/mol. The molecule has 38 heavy (non-hydrogen) atoms. The van der Waals surface area contributed by atoms with E-state index in [2.05, 4.69) is 48.1 Å². The van der Waals surface area contributed by atoms with Crippen molar-refractivity contribution in [2.75, 3.05) is 44.2 Å². The normalized spacial score (nSPS) is 25.2. The number of halogens is 1. The second-order valence-corrected chi connectivity index (χ2v) is 12.2. The van der Waals surface area contributed by atoms with Crippen LogP contribution in [-0.2, 0) is 21.4 Å². The molecule has 8 nitrogen and oxygen atoms in total. The van der Waals surface area contributed by atoms with E-state index in [0.717, 1.165) is 47.8 Å². The molecule has 1 aromatic carbocycles. The zero-order valence-corrected chi connectivity index (χ0v) is 23.1. The number of aryl methyl sites for hydroxylation is 1. The number of fused-ring (bicyclic) bond motifs is 1. The van der Waals surface area contributed by atoms with Crippen molar-refractivity contribution in [2.24, 2.45) is 5.92 Å². The van der Waals surface area contributed by atoms with Gasteiger partial charge in [-0.15, -0.1) is 0 Å². The Balaban J connectivity index is 1.34.